The van der Waals surface area contributed by atoms with Crippen molar-refractivity contribution in [2.45, 2.75) is 26.4 Å². The molecule has 0 bridgehead atoms. The van der Waals surface area contributed by atoms with Crippen molar-refractivity contribution in [3.05, 3.63) is 78.7 Å². The lowest BCUT2D eigenvalue weighted by Gasteiger charge is -2.10. The topological polar surface area (TPSA) is 117 Å². The SMILES string of the molecule is CCn1cnnc1CCNC(=O)c1cc(-c2cccnc2)nc2c1cnn2Cc1ccco1. The van der Waals surface area contributed by atoms with Gasteiger partial charge in [-0.25, -0.2) is 9.67 Å². The van der Waals surface area contributed by atoms with Crippen molar-refractivity contribution < 1.29 is 9.21 Å². The molecule has 1 amide bonds. The number of hydrogen-bond donors (Lipinski definition) is 1. The van der Waals surface area contributed by atoms with Crippen molar-refractivity contribution in [1.29, 1.82) is 0 Å². The maximum Gasteiger partial charge on any atom is 0.252 e. The van der Waals surface area contributed by atoms with Crippen molar-refractivity contribution in [1.82, 2.24) is 39.8 Å². The van der Waals surface area contributed by atoms with Crippen LogP contribution in [0.25, 0.3) is 22.3 Å². The Labute approximate surface area is 189 Å². The van der Waals surface area contributed by atoms with E-state index < -0.39 is 0 Å². The number of nitrogens with one attached hydrogen (secondary N) is 1. The second-order valence-electron chi connectivity index (χ2n) is 7.45. The van der Waals surface area contributed by atoms with Crippen LogP contribution in [0.1, 0.15) is 28.9 Å². The lowest BCUT2D eigenvalue weighted by atomic mass is 10.1. The highest BCUT2D eigenvalue weighted by molar-refractivity contribution is 6.06. The average molecular weight is 442 g/mol. The van der Waals surface area contributed by atoms with E-state index in [1.54, 1.807) is 41.9 Å². The summed E-state index contributed by atoms with van der Waals surface area (Å²) in [6.45, 7) is 3.65. The van der Waals surface area contributed by atoms with Gasteiger partial charge in [0, 0.05) is 37.5 Å². The molecule has 10 heteroatoms. The minimum atomic E-state index is -0.201. The minimum absolute atomic E-state index is 0.201. The average Bonchev–Trinajstić information content (AvgIpc) is 3.61. The molecule has 0 radical (unpaired) electrons. The first-order valence-corrected chi connectivity index (χ1v) is 10.7. The smallest absolute Gasteiger partial charge is 0.252 e. The lowest BCUT2D eigenvalue weighted by molar-refractivity contribution is 0.0955. The van der Waals surface area contributed by atoms with Gasteiger partial charge in [0.15, 0.2) is 5.65 Å². The van der Waals surface area contributed by atoms with E-state index in [2.05, 4.69) is 25.6 Å². The van der Waals surface area contributed by atoms with Gasteiger partial charge in [0.1, 0.15) is 24.5 Å². The van der Waals surface area contributed by atoms with Crippen molar-refractivity contribution in [2.75, 3.05) is 6.54 Å². The summed E-state index contributed by atoms with van der Waals surface area (Å²) in [5.74, 6) is 1.38. The first kappa shape index (κ1) is 20.6. The molecule has 1 N–H and O–H groups in total. The molecular formula is C23H22N8O2. The number of rotatable bonds is 8. The van der Waals surface area contributed by atoms with Gasteiger partial charge in [-0.2, -0.15) is 5.10 Å². The molecule has 0 saturated carbocycles. The van der Waals surface area contributed by atoms with Crippen LogP contribution in [0, 0.1) is 0 Å². The number of carbonyl (C=O) groups is 1. The number of amides is 1. The molecule has 5 aromatic heterocycles. The van der Waals surface area contributed by atoms with Crippen LogP contribution in [0.3, 0.4) is 0 Å². The molecule has 0 aliphatic carbocycles. The summed E-state index contributed by atoms with van der Waals surface area (Å²) in [5.41, 5.74) is 2.56. The molecule has 0 atom stereocenters. The molecule has 0 aliphatic rings. The Morgan fingerprint density at radius 3 is 2.94 bits per heavy atom. The summed E-state index contributed by atoms with van der Waals surface area (Å²) in [4.78, 5) is 22.2. The Morgan fingerprint density at radius 2 is 2.15 bits per heavy atom. The zero-order valence-electron chi connectivity index (χ0n) is 18.0. The monoisotopic (exact) mass is 442 g/mol. The van der Waals surface area contributed by atoms with E-state index in [9.17, 15) is 4.79 Å². The minimum Gasteiger partial charge on any atom is -0.467 e. The summed E-state index contributed by atoms with van der Waals surface area (Å²) in [7, 11) is 0. The molecule has 0 spiro atoms. The largest absolute Gasteiger partial charge is 0.467 e. The van der Waals surface area contributed by atoms with Gasteiger partial charge >= 0.3 is 0 Å². The Kier molecular flexibility index (Phi) is 5.62. The number of fused-ring (bicyclic) bond motifs is 1. The molecule has 10 nitrogen and oxygen atoms in total. The number of aryl methyl sites for hydroxylation is 1. The van der Waals surface area contributed by atoms with Gasteiger partial charge < -0.3 is 14.3 Å². The molecule has 0 saturated heterocycles. The first-order chi connectivity index (χ1) is 16.2. The standard InChI is InChI=1S/C23H22N8O2/c1-2-30-15-26-29-21(30)7-9-25-23(32)18-11-20(16-5-3-8-24-12-16)28-22-19(18)13-27-31(22)14-17-6-4-10-33-17/h3-6,8,10-13,15H,2,7,9,14H2,1H3,(H,25,32). The third-order valence-corrected chi connectivity index (χ3v) is 5.37. The molecule has 5 heterocycles. The van der Waals surface area contributed by atoms with Gasteiger partial charge in [-0.1, -0.05) is 0 Å². The number of furan rings is 1. The fourth-order valence-corrected chi connectivity index (χ4v) is 3.68. The fraction of sp³-hybridized carbons (Fsp3) is 0.217. The van der Waals surface area contributed by atoms with E-state index >= 15 is 0 Å². The Morgan fingerprint density at radius 1 is 1.21 bits per heavy atom. The molecular weight excluding hydrogens is 420 g/mol. The summed E-state index contributed by atoms with van der Waals surface area (Å²) < 4.78 is 9.15. The summed E-state index contributed by atoms with van der Waals surface area (Å²) in [6.07, 6.45) is 8.99. The van der Waals surface area contributed by atoms with E-state index in [0.29, 0.717) is 41.8 Å². The zero-order chi connectivity index (χ0) is 22.6. The molecule has 33 heavy (non-hydrogen) atoms. The van der Waals surface area contributed by atoms with Crippen LogP contribution in [0.2, 0.25) is 0 Å². The van der Waals surface area contributed by atoms with Crippen molar-refractivity contribution in [2.24, 2.45) is 0 Å². The number of aromatic nitrogens is 7. The maximum absolute atomic E-state index is 13.2. The molecule has 5 rings (SSSR count). The van der Waals surface area contributed by atoms with Gasteiger partial charge in [-0.05, 0) is 37.3 Å². The van der Waals surface area contributed by atoms with E-state index in [-0.39, 0.29) is 5.91 Å². The Balaban J connectivity index is 1.47. The van der Waals surface area contributed by atoms with Crippen LogP contribution in [-0.2, 0) is 19.5 Å². The highest BCUT2D eigenvalue weighted by Gasteiger charge is 2.18. The van der Waals surface area contributed by atoms with Crippen LogP contribution in [0.4, 0.5) is 0 Å². The van der Waals surface area contributed by atoms with E-state index in [4.69, 9.17) is 9.40 Å². The lowest BCUT2D eigenvalue weighted by Crippen LogP contribution is -2.26. The summed E-state index contributed by atoms with van der Waals surface area (Å²) >= 11 is 0. The highest BCUT2D eigenvalue weighted by Crippen LogP contribution is 2.25. The van der Waals surface area contributed by atoms with E-state index in [1.165, 1.54) is 0 Å². The van der Waals surface area contributed by atoms with Gasteiger partial charge in [-0.3, -0.25) is 9.78 Å². The fourth-order valence-electron chi connectivity index (χ4n) is 3.68. The van der Waals surface area contributed by atoms with E-state index in [1.807, 2.05) is 35.8 Å². The van der Waals surface area contributed by atoms with Crippen LogP contribution < -0.4 is 5.32 Å². The van der Waals surface area contributed by atoms with Crippen LogP contribution in [0.5, 0.6) is 0 Å². The van der Waals surface area contributed by atoms with Crippen molar-refractivity contribution in [3.63, 3.8) is 0 Å². The molecule has 0 aromatic carbocycles. The van der Waals surface area contributed by atoms with Crippen molar-refractivity contribution >= 4 is 16.9 Å². The second kappa shape index (κ2) is 9.03. The van der Waals surface area contributed by atoms with Crippen LogP contribution >= 0.6 is 0 Å². The normalized spacial score (nSPS) is 11.2. The maximum atomic E-state index is 13.2. The highest BCUT2D eigenvalue weighted by atomic mass is 16.3. The summed E-state index contributed by atoms with van der Waals surface area (Å²) in [5, 5.41) is 16.2. The van der Waals surface area contributed by atoms with Gasteiger partial charge in [0.05, 0.1) is 29.1 Å². The Bertz CT molecular complexity index is 1370. The number of pyridine rings is 2. The predicted octanol–water partition coefficient (Wildman–Crippen LogP) is 2.72. The molecule has 0 unspecified atom stereocenters. The zero-order valence-corrected chi connectivity index (χ0v) is 18.0. The third-order valence-electron chi connectivity index (χ3n) is 5.37. The summed E-state index contributed by atoms with van der Waals surface area (Å²) in [6, 6.07) is 9.23. The molecule has 5 aromatic rings. The van der Waals surface area contributed by atoms with Crippen LogP contribution in [0.15, 0.2) is 65.9 Å². The molecule has 0 fully saturated rings. The first-order valence-electron chi connectivity index (χ1n) is 10.7. The number of carbonyl (C=O) groups excluding carboxylic acids is 1. The van der Waals surface area contributed by atoms with Crippen LogP contribution in [-0.4, -0.2) is 47.0 Å². The second-order valence-corrected chi connectivity index (χ2v) is 7.45. The van der Waals surface area contributed by atoms with Gasteiger partial charge in [0.25, 0.3) is 5.91 Å². The quantitative estimate of drug-likeness (QED) is 0.393. The van der Waals surface area contributed by atoms with Crippen molar-refractivity contribution in [3.8, 4) is 11.3 Å². The number of nitrogens with zero attached hydrogens (tertiary/aromatic N) is 7. The molecule has 0 aliphatic heterocycles. The third kappa shape index (κ3) is 4.22. The van der Waals surface area contributed by atoms with Gasteiger partial charge in [-0.15, -0.1) is 10.2 Å². The Hall–Kier alpha value is -4.34. The van der Waals surface area contributed by atoms with E-state index in [0.717, 1.165) is 23.7 Å². The predicted molar refractivity (Wildman–Crippen MR) is 120 cm³/mol. The molecule has 166 valence electrons. The van der Waals surface area contributed by atoms with Gasteiger partial charge in [0.2, 0.25) is 0 Å². The number of hydrogen-bond acceptors (Lipinski definition) is 7.